The Bertz CT molecular complexity index is 37.8. The highest BCUT2D eigenvalue weighted by molar-refractivity contribution is 7.95. The number of carbonyl (C=O) groups excluding carboxylic acids is 1. The first-order valence-corrected chi connectivity index (χ1v) is 2.42. The van der Waals surface area contributed by atoms with Crippen LogP contribution in [0.1, 0.15) is 0 Å². The lowest BCUT2D eigenvalue weighted by Crippen LogP contribution is -1.75. The Labute approximate surface area is 41.1 Å². The first-order chi connectivity index (χ1) is 2.91. The summed E-state index contributed by atoms with van der Waals surface area (Å²) in [6, 6.07) is 0. The van der Waals surface area contributed by atoms with Gasteiger partial charge in [-0.3, -0.25) is 0 Å². The number of hydrogen-bond donors (Lipinski definition) is 0. The van der Waals surface area contributed by atoms with Crippen LogP contribution < -0.4 is 0 Å². The summed E-state index contributed by atoms with van der Waals surface area (Å²) >= 11 is 1.14. The third-order valence-electron chi connectivity index (χ3n) is 0.254. The largest absolute Gasteiger partial charge is 0.318 e. The molecule has 3 heteroatoms. The molecular formula is C3H6O2S. The summed E-state index contributed by atoms with van der Waals surface area (Å²) in [5.41, 5.74) is 0. The molecule has 0 atom stereocenters. The van der Waals surface area contributed by atoms with Gasteiger partial charge in [-0.2, -0.15) is 0 Å². The van der Waals surface area contributed by atoms with E-state index in [9.17, 15) is 4.79 Å². The lowest BCUT2D eigenvalue weighted by molar-refractivity contribution is -0.105. The molecule has 0 saturated carbocycles. The van der Waals surface area contributed by atoms with Gasteiger partial charge >= 0.3 is 0 Å². The van der Waals surface area contributed by atoms with Crippen LogP contribution in [0.4, 0.5) is 0 Å². The SMILES string of the molecule is COSCC=O. The Hall–Kier alpha value is -0.0200. The van der Waals surface area contributed by atoms with Gasteiger partial charge in [0.1, 0.15) is 6.29 Å². The van der Waals surface area contributed by atoms with Crippen LogP contribution in [0.5, 0.6) is 0 Å². The number of carbonyl (C=O) groups is 1. The smallest absolute Gasteiger partial charge is 0.132 e. The molecule has 0 spiro atoms. The minimum atomic E-state index is 0.427. The maximum atomic E-state index is 9.46. The lowest BCUT2D eigenvalue weighted by Gasteiger charge is -1.82. The van der Waals surface area contributed by atoms with Crippen molar-refractivity contribution in [1.29, 1.82) is 0 Å². The molecule has 0 aliphatic carbocycles. The standard InChI is InChI=1S/C3H6O2S/c1-5-6-3-2-4/h2H,3H2,1H3. The van der Waals surface area contributed by atoms with Crippen molar-refractivity contribution in [2.45, 2.75) is 0 Å². The fourth-order valence-electron chi connectivity index (χ4n) is 0.0958. The van der Waals surface area contributed by atoms with E-state index in [0.29, 0.717) is 5.75 Å². The van der Waals surface area contributed by atoms with Crippen LogP contribution >= 0.6 is 12.0 Å². The molecule has 0 aromatic rings. The summed E-state index contributed by atoms with van der Waals surface area (Å²) in [5, 5.41) is 0. The van der Waals surface area contributed by atoms with E-state index in [2.05, 4.69) is 4.18 Å². The maximum Gasteiger partial charge on any atom is 0.132 e. The minimum Gasteiger partial charge on any atom is -0.318 e. The summed E-state index contributed by atoms with van der Waals surface area (Å²) in [6.07, 6.45) is 0.800. The van der Waals surface area contributed by atoms with E-state index in [1.165, 1.54) is 7.11 Å². The first kappa shape index (κ1) is 5.98. The van der Waals surface area contributed by atoms with Crippen molar-refractivity contribution in [2.75, 3.05) is 12.9 Å². The number of rotatable bonds is 3. The van der Waals surface area contributed by atoms with E-state index in [4.69, 9.17) is 0 Å². The van der Waals surface area contributed by atoms with Gasteiger partial charge in [0.05, 0.1) is 12.9 Å². The molecule has 0 saturated heterocycles. The van der Waals surface area contributed by atoms with Gasteiger partial charge in [-0.05, 0) is 12.0 Å². The molecule has 0 amide bonds. The highest BCUT2D eigenvalue weighted by atomic mass is 32.2. The van der Waals surface area contributed by atoms with Crippen molar-refractivity contribution in [1.82, 2.24) is 0 Å². The highest BCUT2D eigenvalue weighted by Crippen LogP contribution is 1.93. The van der Waals surface area contributed by atoms with Crippen LogP contribution in [0.15, 0.2) is 0 Å². The van der Waals surface area contributed by atoms with Crippen molar-refractivity contribution in [3.05, 3.63) is 0 Å². The summed E-state index contributed by atoms with van der Waals surface area (Å²) in [7, 11) is 1.54. The summed E-state index contributed by atoms with van der Waals surface area (Å²) in [5.74, 6) is 0.427. The van der Waals surface area contributed by atoms with Crippen LogP contribution in [-0.2, 0) is 8.98 Å². The molecule has 0 radical (unpaired) electrons. The fourth-order valence-corrected chi connectivity index (χ4v) is 0.287. The molecule has 0 aliphatic heterocycles. The van der Waals surface area contributed by atoms with E-state index >= 15 is 0 Å². The molecular weight excluding hydrogens is 100 g/mol. The molecule has 0 rings (SSSR count). The van der Waals surface area contributed by atoms with Crippen LogP contribution in [0.2, 0.25) is 0 Å². The van der Waals surface area contributed by atoms with Crippen LogP contribution in [0, 0.1) is 0 Å². The lowest BCUT2D eigenvalue weighted by atomic mass is 10.9. The number of aldehydes is 1. The van der Waals surface area contributed by atoms with Gasteiger partial charge in [-0.15, -0.1) is 0 Å². The van der Waals surface area contributed by atoms with Crippen LogP contribution in [0.25, 0.3) is 0 Å². The third-order valence-corrected chi connectivity index (χ3v) is 0.762. The molecule has 0 N–H and O–H groups in total. The molecule has 6 heavy (non-hydrogen) atoms. The minimum absolute atomic E-state index is 0.427. The van der Waals surface area contributed by atoms with Crippen molar-refractivity contribution in [2.24, 2.45) is 0 Å². The van der Waals surface area contributed by atoms with E-state index in [1.54, 1.807) is 0 Å². The summed E-state index contributed by atoms with van der Waals surface area (Å²) in [6.45, 7) is 0. The van der Waals surface area contributed by atoms with Gasteiger partial charge in [0.2, 0.25) is 0 Å². The Morgan fingerprint density at radius 2 is 2.67 bits per heavy atom. The second-order valence-electron chi connectivity index (χ2n) is 0.618. The molecule has 0 unspecified atom stereocenters. The van der Waals surface area contributed by atoms with E-state index in [1.807, 2.05) is 0 Å². The second-order valence-corrected chi connectivity index (χ2v) is 1.52. The monoisotopic (exact) mass is 106 g/mol. The molecule has 2 nitrogen and oxygen atoms in total. The maximum absolute atomic E-state index is 9.46. The van der Waals surface area contributed by atoms with E-state index in [0.717, 1.165) is 18.3 Å². The van der Waals surface area contributed by atoms with E-state index < -0.39 is 0 Å². The third kappa shape index (κ3) is 3.98. The van der Waals surface area contributed by atoms with Crippen LogP contribution in [0.3, 0.4) is 0 Å². The predicted molar refractivity (Wildman–Crippen MR) is 25.5 cm³/mol. The van der Waals surface area contributed by atoms with Crippen molar-refractivity contribution < 1.29 is 8.98 Å². The van der Waals surface area contributed by atoms with Gasteiger partial charge in [0, 0.05) is 0 Å². The summed E-state index contributed by atoms with van der Waals surface area (Å²) in [4.78, 5) is 9.46. The zero-order valence-electron chi connectivity index (χ0n) is 3.51. The first-order valence-electron chi connectivity index (χ1n) is 1.51. The molecule has 0 aromatic carbocycles. The van der Waals surface area contributed by atoms with Gasteiger partial charge < -0.3 is 8.98 Å². The zero-order valence-corrected chi connectivity index (χ0v) is 4.33. The molecule has 0 aromatic heterocycles. The number of hydrogen-bond acceptors (Lipinski definition) is 3. The molecule has 0 aliphatic rings. The Morgan fingerprint density at radius 3 is 2.83 bits per heavy atom. The molecule has 36 valence electrons. The topological polar surface area (TPSA) is 26.3 Å². The Kier molecular flexibility index (Phi) is 4.96. The summed E-state index contributed by atoms with van der Waals surface area (Å²) < 4.78 is 4.47. The Morgan fingerprint density at radius 1 is 2.00 bits per heavy atom. The van der Waals surface area contributed by atoms with Gasteiger partial charge in [0.25, 0.3) is 0 Å². The molecule has 0 fully saturated rings. The predicted octanol–water partition coefficient (Wildman–Crippen LogP) is 0.480. The molecule has 0 bridgehead atoms. The fraction of sp³-hybridized carbons (Fsp3) is 0.667. The zero-order chi connectivity index (χ0) is 4.83. The van der Waals surface area contributed by atoms with Crippen molar-refractivity contribution in [3.8, 4) is 0 Å². The molecule has 0 heterocycles. The van der Waals surface area contributed by atoms with Crippen LogP contribution in [-0.4, -0.2) is 19.1 Å². The Balaban J connectivity index is 2.49. The quantitative estimate of drug-likeness (QED) is 0.297. The van der Waals surface area contributed by atoms with Crippen molar-refractivity contribution in [3.63, 3.8) is 0 Å². The van der Waals surface area contributed by atoms with Gasteiger partial charge in [-0.1, -0.05) is 0 Å². The normalized spacial score (nSPS) is 8.17. The average Bonchev–Trinajstić information content (AvgIpc) is 1.61. The average molecular weight is 106 g/mol. The van der Waals surface area contributed by atoms with Gasteiger partial charge in [-0.25, -0.2) is 0 Å². The second kappa shape index (κ2) is 4.98. The highest BCUT2D eigenvalue weighted by Gasteiger charge is 1.75. The van der Waals surface area contributed by atoms with E-state index in [-0.39, 0.29) is 0 Å². The van der Waals surface area contributed by atoms with Crippen molar-refractivity contribution >= 4 is 18.3 Å². The van der Waals surface area contributed by atoms with Gasteiger partial charge in [0.15, 0.2) is 0 Å².